The molecule has 2 bridgehead atoms. The normalized spacial score (nSPS) is 21.2. The van der Waals surface area contributed by atoms with Crippen LogP contribution in [0.2, 0.25) is 0 Å². The number of hydrogen-bond donors (Lipinski definition) is 5. The number of carbonyl (C=O) groups is 1. The van der Waals surface area contributed by atoms with Crippen LogP contribution in [0.25, 0.3) is 28.2 Å². The van der Waals surface area contributed by atoms with E-state index in [2.05, 4.69) is 32.0 Å². The van der Waals surface area contributed by atoms with Crippen molar-refractivity contribution in [3.8, 4) is 11.3 Å². The number of alkyl halides is 3. The van der Waals surface area contributed by atoms with E-state index >= 15 is 0 Å². The largest absolute Gasteiger partial charge is 0.416 e. The zero-order valence-electron chi connectivity index (χ0n) is 24.5. The molecule has 1 fully saturated rings. The SMILES string of the molecule is Nc1ncc2c3c1c(-c1ccc(C(=O)Nc4cc(C(F)(F)F)ccn4)cc1)nn3[C@@H]1CCC[C@H](C1)NC(O)CCNCCC=C2. The number of amides is 1. The molecule has 1 amide bonds. The Hall–Kier alpha value is -4.33. The number of rotatable bonds is 3. The van der Waals surface area contributed by atoms with Gasteiger partial charge < -0.3 is 21.5 Å². The first-order chi connectivity index (χ1) is 21.7. The Kier molecular flexibility index (Phi) is 8.83. The molecule has 3 atom stereocenters. The Bertz CT molecular complexity index is 1700. The van der Waals surface area contributed by atoms with Crippen molar-refractivity contribution in [1.29, 1.82) is 0 Å². The third kappa shape index (κ3) is 6.85. The van der Waals surface area contributed by atoms with E-state index in [4.69, 9.17) is 10.8 Å². The molecule has 10 nitrogen and oxygen atoms in total. The van der Waals surface area contributed by atoms with E-state index in [1.165, 1.54) is 0 Å². The lowest BCUT2D eigenvalue weighted by molar-refractivity contribution is -0.137. The second-order valence-corrected chi connectivity index (χ2v) is 11.5. The van der Waals surface area contributed by atoms with E-state index in [1.54, 1.807) is 30.5 Å². The molecule has 1 aliphatic carbocycles. The average molecular weight is 621 g/mol. The summed E-state index contributed by atoms with van der Waals surface area (Å²) in [7, 11) is 0. The molecule has 6 N–H and O–H groups in total. The number of nitrogens with one attached hydrogen (secondary N) is 3. The quantitative estimate of drug-likeness (QED) is 0.212. The van der Waals surface area contributed by atoms with Gasteiger partial charge in [-0.2, -0.15) is 18.3 Å². The first-order valence-corrected chi connectivity index (χ1v) is 15.1. The average Bonchev–Trinajstić information content (AvgIpc) is 3.43. The number of pyridine rings is 2. The number of benzene rings is 1. The molecule has 2 aliphatic rings. The number of nitrogens with zero attached hydrogens (tertiary/aromatic N) is 4. The molecule has 1 aromatic carbocycles. The lowest BCUT2D eigenvalue weighted by Gasteiger charge is -2.32. The number of halogens is 3. The van der Waals surface area contributed by atoms with Gasteiger partial charge in [-0.15, -0.1) is 0 Å². The molecule has 1 saturated carbocycles. The van der Waals surface area contributed by atoms with Crippen molar-refractivity contribution >= 4 is 34.5 Å². The summed E-state index contributed by atoms with van der Waals surface area (Å²) in [6.07, 6.45) is 6.80. The van der Waals surface area contributed by atoms with Crippen LogP contribution in [0.3, 0.4) is 0 Å². The van der Waals surface area contributed by atoms with Crippen molar-refractivity contribution < 1.29 is 23.1 Å². The van der Waals surface area contributed by atoms with Crippen LogP contribution in [0.15, 0.2) is 54.9 Å². The number of aliphatic hydroxyl groups excluding tert-OH is 1. The monoisotopic (exact) mass is 620 g/mol. The lowest BCUT2D eigenvalue weighted by atomic mass is 9.90. The zero-order chi connectivity index (χ0) is 31.6. The fourth-order valence-electron chi connectivity index (χ4n) is 6.10. The topological polar surface area (TPSA) is 143 Å². The third-order valence-corrected chi connectivity index (χ3v) is 8.33. The number of hydrogen-bond acceptors (Lipinski definition) is 8. The molecule has 0 saturated heterocycles. The Labute approximate surface area is 257 Å². The van der Waals surface area contributed by atoms with Crippen molar-refractivity contribution in [3.63, 3.8) is 0 Å². The second-order valence-electron chi connectivity index (χ2n) is 11.5. The van der Waals surface area contributed by atoms with E-state index < -0.39 is 23.9 Å². The summed E-state index contributed by atoms with van der Waals surface area (Å²) < 4.78 is 41.3. The summed E-state index contributed by atoms with van der Waals surface area (Å²) >= 11 is 0. The third-order valence-electron chi connectivity index (χ3n) is 8.33. The minimum Gasteiger partial charge on any atom is -0.383 e. The fourth-order valence-corrected chi connectivity index (χ4v) is 6.10. The maximum Gasteiger partial charge on any atom is 0.416 e. The van der Waals surface area contributed by atoms with E-state index in [1.807, 2.05) is 10.8 Å². The van der Waals surface area contributed by atoms with E-state index in [9.17, 15) is 23.1 Å². The Morgan fingerprint density at radius 2 is 1.91 bits per heavy atom. The van der Waals surface area contributed by atoms with Gasteiger partial charge in [-0.25, -0.2) is 9.97 Å². The van der Waals surface area contributed by atoms with Gasteiger partial charge in [-0.3, -0.25) is 14.8 Å². The highest BCUT2D eigenvalue weighted by Crippen LogP contribution is 2.39. The van der Waals surface area contributed by atoms with Gasteiger partial charge in [0.1, 0.15) is 23.6 Å². The highest BCUT2D eigenvalue weighted by molar-refractivity contribution is 6.06. The number of anilines is 2. The number of nitrogens with two attached hydrogens (primary N) is 1. The van der Waals surface area contributed by atoms with Crippen LogP contribution in [-0.2, 0) is 6.18 Å². The summed E-state index contributed by atoms with van der Waals surface area (Å²) in [5.41, 5.74) is 8.94. The Morgan fingerprint density at radius 3 is 2.71 bits per heavy atom. The Balaban J connectivity index is 1.35. The van der Waals surface area contributed by atoms with Gasteiger partial charge in [0, 0.05) is 35.1 Å². The number of aromatic nitrogens is 4. The molecule has 45 heavy (non-hydrogen) atoms. The van der Waals surface area contributed by atoms with Crippen molar-refractivity contribution in [2.75, 3.05) is 24.1 Å². The van der Waals surface area contributed by atoms with Crippen molar-refractivity contribution in [3.05, 3.63) is 71.6 Å². The second kappa shape index (κ2) is 13.0. The van der Waals surface area contributed by atoms with E-state index in [0.717, 1.165) is 74.6 Å². The standard InChI is InChI=1S/C32H35F3N8O2/c33-32(34,35)22-11-15-38-25(16-22)41-31(45)20-9-7-19(8-10-20)28-27-29-21(18-39-30(27)36)4-1-2-13-37-14-12-26(44)40-23-5-3-6-24(17-23)43(29)42-28/h1,4,7-11,15-16,18,23-24,26,37,40,44H,2-3,5-6,12-14,17H2,(H2,36,39)(H,38,41,45)/t23-,24-,26?/m1/s1. The molecular formula is C32H35F3N8O2. The molecule has 236 valence electrons. The maximum atomic E-state index is 13.1. The van der Waals surface area contributed by atoms with Crippen LogP contribution in [0, 0.1) is 0 Å². The van der Waals surface area contributed by atoms with Gasteiger partial charge >= 0.3 is 6.18 Å². The summed E-state index contributed by atoms with van der Waals surface area (Å²) in [5, 5.41) is 25.6. The maximum absolute atomic E-state index is 13.1. The van der Waals surface area contributed by atoms with Crippen LogP contribution >= 0.6 is 0 Å². The molecule has 0 spiro atoms. The summed E-state index contributed by atoms with van der Waals surface area (Å²) in [6.45, 7) is 1.49. The smallest absolute Gasteiger partial charge is 0.383 e. The van der Waals surface area contributed by atoms with E-state index in [-0.39, 0.29) is 23.5 Å². The first kappa shape index (κ1) is 30.7. The fraction of sp³-hybridized carbons (Fsp3) is 0.375. The molecular weight excluding hydrogens is 585 g/mol. The molecule has 3 aromatic heterocycles. The summed E-state index contributed by atoms with van der Waals surface area (Å²) in [4.78, 5) is 21.2. The van der Waals surface area contributed by atoms with Gasteiger partial charge in [0.25, 0.3) is 5.91 Å². The van der Waals surface area contributed by atoms with Gasteiger partial charge in [-0.05, 0) is 75.9 Å². The highest BCUT2D eigenvalue weighted by atomic mass is 19.4. The molecule has 0 radical (unpaired) electrons. The minimum atomic E-state index is -4.55. The summed E-state index contributed by atoms with van der Waals surface area (Å²) in [5.74, 6) is -0.457. The Morgan fingerprint density at radius 1 is 1.09 bits per heavy atom. The highest BCUT2D eigenvalue weighted by Gasteiger charge is 2.31. The molecule has 1 unspecified atom stereocenters. The van der Waals surface area contributed by atoms with Crippen LogP contribution in [-0.4, -0.2) is 56.1 Å². The molecule has 1 aliphatic heterocycles. The van der Waals surface area contributed by atoms with Crippen molar-refractivity contribution in [1.82, 2.24) is 30.4 Å². The number of fused-ring (bicyclic) bond motifs is 3. The first-order valence-electron chi connectivity index (χ1n) is 15.1. The van der Waals surface area contributed by atoms with Crippen molar-refractivity contribution in [2.24, 2.45) is 0 Å². The predicted molar refractivity (Wildman–Crippen MR) is 166 cm³/mol. The molecule has 6 rings (SSSR count). The van der Waals surface area contributed by atoms with Gasteiger partial charge in [-0.1, -0.05) is 24.3 Å². The van der Waals surface area contributed by atoms with Crippen LogP contribution in [0.5, 0.6) is 0 Å². The number of carbonyl (C=O) groups excluding carboxylic acids is 1. The van der Waals surface area contributed by atoms with Gasteiger partial charge in [0.2, 0.25) is 0 Å². The van der Waals surface area contributed by atoms with Gasteiger partial charge in [0.15, 0.2) is 0 Å². The molecule has 4 aromatic rings. The summed E-state index contributed by atoms with van der Waals surface area (Å²) in [6, 6.07) is 8.48. The van der Waals surface area contributed by atoms with Crippen LogP contribution < -0.4 is 21.7 Å². The predicted octanol–water partition coefficient (Wildman–Crippen LogP) is 5.13. The number of nitrogen functional groups attached to an aromatic ring is 1. The van der Waals surface area contributed by atoms with Gasteiger partial charge in [0.05, 0.1) is 22.5 Å². The molecule has 13 heteroatoms. The van der Waals surface area contributed by atoms with Crippen LogP contribution in [0.1, 0.15) is 66.1 Å². The molecule has 4 heterocycles. The lowest BCUT2D eigenvalue weighted by Crippen LogP contribution is -2.42. The zero-order valence-corrected chi connectivity index (χ0v) is 24.5. The van der Waals surface area contributed by atoms with E-state index in [0.29, 0.717) is 28.9 Å². The van der Waals surface area contributed by atoms with Crippen LogP contribution in [0.4, 0.5) is 24.8 Å². The number of aliphatic hydroxyl groups is 1. The van der Waals surface area contributed by atoms with Crippen molar-refractivity contribution in [2.45, 2.75) is 63.0 Å². The minimum absolute atomic E-state index is 0.0573.